The summed E-state index contributed by atoms with van der Waals surface area (Å²) in [6.07, 6.45) is 4.52. The highest BCUT2D eigenvalue weighted by molar-refractivity contribution is 6.01. The Labute approximate surface area is 145 Å². The number of allylic oxidation sites excluding steroid dienone is 2. The van der Waals surface area contributed by atoms with Crippen LogP contribution in [0.15, 0.2) is 36.1 Å². The van der Waals surface area contributed by atoms with Crippen LogP contribution in [0.1, 0.15) is 11.1 Å². The summed E-state index contributed by atoms with van der Waals surface area (Å²) in [5, 5.41) is 11.2. The van der Waals surface area contributed by atoms with Crippen LogP contribution in [0.5, 0.6) is 11.5 Å². The molecule has 0 aromatic heterocycles. The number of hydrogen-bond donors (Lipinski definition) is 1. The third-order valence-electron chi connectivity index (χ3n) is 5.36. The maximum absolute atomic E-state index is 11.9. The standard InChI is InChI=1S/C19H20O6/c1-22-14-6-11-9-18(21)10-25-16-7-12(20)4-5-19(16,17(18)24-3)13(11)8-15(14)23-2/h4-8,17,21H,9-10H2,1-3H3/t17-,18+,19+/m0/s1. The summed E-state index contributed by atoms with van der Waals surface area (Å²) < 4.78 is 22.4. The number of benzene rings is 1. The molecule has 2 bridgehead atoms. The molecule has 0 unspecified atom stereocenters. The largest absolute Gasteiger partial charge is 0.493 e. The minimum absolute atomic E-state index is 0.0635. The Morgan fingerprint density at radius 3 is 2.60 bits per heavy atom. The lowest BCUT2D eigenvalue weighted by molar-refractivity contribution is -0.182. The monoisotopic (exact) mass is 344 g/mol. The molecule has 25 heavy (non-hydrogen) atoms. The fourth-order valence-corrected chi connectivity index (χ4v) is 4.37. The predicted molar refractivity (Wildman–Crippen MR) is 88.9 cm³/mol. The summed E-state index contributed by atoms with van der Waals surface area (Å²) in [5.41, 5.74) is -0.273. The molecule has 3 atom stereocenters. The Balaban J connectivity index is 2.04. The van der Waals surface area contributed by atoms with E-state index < -0.39 is 17.1 Å². The zero-order chi connectivity index (χ0) is 17.8. The minimum atomic E-state index is -1.20. The molecule has 1 aromatic carbocycles. The number of rotatable bonds is 3. The van der Waals surface area contributed by atoms with Gasteiger partial charge in [-0.15, -0.1) is 0 Å². The number of aliphatic hydroxyl groups is 1. The van der Waals surface area contributed by atoms with Gasteiger partial charge in [-0.2, -0.15) is 0 Å². The molecule has 6 nitrogen and oxygen atoms in total. The molecule has 4 rings (SSSR count). The zero-order valence-corrected chi connectivity index (χ0v) is 14.4. The van der Waals surface area contributed by atoms with Gasteiger partial charge in [0.15, 0.2) is 17.3 Å². The minimum Gasteiger partial charge on any atom is -0.493 e. The second-order valence-corrected chi connectivity index (χ2v) is 6.66. The number of ether oxygens (including phenoxy) is 4. The smallest absolute Gasteiger partial charge is 0.181 e. The van der Waals surface area contributed by atoms with Gasteiger partial charge in [-0.3, -0.25) is 4.79 Å². The number of fused-ring (bicyclic) bond motifs is 2. The van der Waals surface area contributed by atoms with E-state index in [2.05, 4.69) is 0 Å². The summed E-state index contributed by atoms with van der Waals surface area (Å²) in [4.78, 5) is 11.9. The van der Waals surface area contributed by atoms with Crippen LogP contribution in [0.3, 0.4) is 0 Å². The molecule has 1 saturated heterocycles. The third-order valence-corrected chi connectivity index (χ3v) is 5.36. The number of ketones is 1. The summed E-state index contributed by atoms with van der Waals surface area (Å²) in [7, 11) is 4.71. The van der Waals surface area contributed by atoms with Crippen molar-refractivity contribution in [2.24, 2.45) is 0 Å². The Kier molecular flexibility index (Phi) is 3.46. The average Bonchev–Trinajstić information content (AvgIpc) is 2.60. The first-order chi connectivity index (χ1) is 12.0. The molecular weight excluding hydrogens is 324 g/mol. The van der Waals surface area contributed by atoms with Gasteiger partial charge in [-0.1, -0.05) is 6.08 Å². The molecule has 1 aliphatic heterocycles. The average molecular weight is 344 g/mol. The van der Waals surface area contributed by atoms with Crippen LogP contribution in [0.25, 0.3) is 0 Å². The summed E-state index contributed by atoms with van der Waals surface area (Å²) in [6.45, 7) is 0.0635. The van der Waals surface area contributed by atoms with E-state index in [-0.39, 0.29) is 12.4 Å². The van der Waals surface area contributed by atoms with Crippen molar-refractivity contribution in [1.29, 1.82) is 0 Å². The van der Waals surface area contributed by atoms with Crippen molar-refractivity contribution in [3.05, 3.63) is 47.2 Å². The number of hydrogen-bond acceptors (Lipinski definition) is 6. The van der Waals surface area contributed by atoms with Crippen LogP contribution in [0.4, 0.5) is 0 Å². The van der Waals surface area contributed by atoms with Crippen molar-refractivity contribution in [1.82, 2.24) is 0 Å². The Morgan fingerprint density at radius 1 is 1.20 bits per heavy atom. The molecule has 1 heterocycles. The van der Waals surface area contributed by atoms with Gasteiger partial charge < -0.3 is 24.1 Å². The molecule has 6 heteroatoms. The lowest BCUT2D eigenvalue weighted by Gasteiger charge is -2.55. The Hall–Kier alpha value is -2.31. The molecule has 0 amide bonds. The van der Waals surface area contributed by atoms with Gasteiger partial charge in [0.1, 0.15) is 29.5 Å². The SMILES string of the molecule is COc1cc2c(cc1OC)[C@]13C=CC(=O)C=C1OC[C@](O)(C2)[C@@H]3OC. The first-order valence-electron chi connectivity index (χ1n) is 8.07. The molecule has 1 aromatic rings. The van der Waals surface area contributed by atoms with Crippen molar-refractivity contribution in [3.63, 3.8) is 0 Å². The predicted octanol–water partition coefficient (Wildman–Crippen LogP) is 1.30. The van der Waals surface area contributed by atoms with Gasteiger partial charge in [0.25, 0.3) is 0 Å². The first-order valence-corrected chi connectivity index (χ1v) is 8.07. The van der Waals surface area contributed by atoms with E-state index in [4.69, 9.17) is 18.9 Å². The highest BCUT2D eigenvalue weighted by Gasteiger charge is 2.62. The van der Waals surface area contributed by atoms with Gasteiger partial charge in [0.2, 0.25) is 0 Å². The molecule has 3 aliphatic rings. The molecule has 0 saturated carbocycles. The maximum Gasteiger partial charge on any atom is 0.181 e. The molecule has 2 aliphatic carbocycles. The fourth-order valence-electron chi connectivity index (χ4n) is 4.37. The van der Waals surface area contributed by atoms with Crippen molar-refractivity contribution < 1.29 is 28.8 Å². The third kappa shape index (κ3) is 2.01. The van der Waals surface area contributed by atoms with E-state index in [1.807, 2.05) is 12.1 Å². The van der Waals surface area contributed by atoms with Crippen LogP contribution in [-0.2, 0) is 26.1 Å². The van der Waals surface area contributed by atoms with Gasteiger partial charge >= 0.3 is 0 Å². The van der Waals surface area contributed by atoms with Crippen molar-refractivity contribution in [3.8, 4) is 11.5 Å². The van der Waals surface area contributed by atoms with Crippen LogP contribution in [0.2, 0.25) is 0 Å². The van der Waals surface area contributed by atoms with Gasteiger partial charge in [-0.05, 0) is 29.3 Å². The van der Waals surface area contributed by atoms with Crippen molar-refractivity contribution >= 4 is 5.78 Å². The van der Waals surface area contributed by atoms with E-state index in [0.717, 1.165) is 11.1 Å². The number of methoxy groups -OCH3 is 3. The first kappa shape index (κ1) is 16.2. The van der Waals surface area contributed by atoms with E-state index in [9.17, 15) is 9.90 Å². The molecule has 0 radical (unpaired) electrons. The molecule has 1 N–H and O–H groups in total. The van der Waals surface area contributed by atoms with E-state index in [0.29, 0.717) is 23.7 Å². The lowest BCUT2D eigenvalue weighted by Crippen LogP contribution is -2.66. The topological polar surface area (TPSA) is 74.2 Å². The fraction of sp³-hybridized carbons (Fsp3) is 0.421. The van der Waals surface area contributed by atoms with Crippen molar-refractivity contribution in [2.45, 2.75) is 23.5 Å². The summed E-state index contributed by atoms with van der Waals surface area (Å²) >= 11 is 0. The Morgan fingerprint density at radius 2 is 1.92 bits per heavy atom. The van der Waals surface area contributed by atoms with Crippen LogP contribution < -0.4 is 9.47 Å². The Bertz CT molecular complexity index is 810. The van der Waals surface area contributed by atoms with E-state index in [1.165, 1.54) is 12.2 Å². The lowest BCUT2D eigenvalue weighted by atomic mass is 9.58. The number of carbonyl (C=O) groups is 1. The van der Waals surface area contributed by atoms with Crippen molar-refractivity contribution in [2.75, 3.05) is 27.9 Å². The molecule has 1 fully saturated rings. The van der Waals surface area contributed by atoms with Crippen LogP contribution in [-0.4, -0.2) is 50.5 Å². The van der Waals surface area contributed by atoms with Crippen LogP contribution in [0, 0.1) is 0 Å². The zero-order valence-electron chi connectivity index (χ0n) is 14.4. The molecule has 132 valence electrons. The highest BCUT2D eigenvalue weighted by Crippen LogP contribution is 2.55. The van der Waals surface area contributed by atoms with Crippen LogP contribution >= 0.6 is 0 Å². The maximum atomic E-state index is 11.9. The van der Waals surface area contributed by atoms with Gasteiger partial charge in [0.05, 0.1) is 14.2 Å². The normalized spacial score (nSPS) is 32.2. The number of carbonyl (C=O) groups excluding carboxylic acids is 1. The van der Waals surface area contributed by atoms with Gasteiger partial charge in [0, 0.05) is 19.6 Å². The molecular formula is C19H20O6. The second-order valence-electron chi connectivity index (χ2n) is 6.66. The highest BCUT2D eigenvalue weighted by atomic mass is 16.5. The summed E-state index contributed by atoms with van der Waals surface area (Å²) in [5.74, 6) is 1.52. The quantitative estimate of drug-likeness (QED) is 0.891. The molecule has 1 spiro atoms. The second kappa shape index (κ2) is 5.34. The van der Waals surface area contributed by atoms with E-state index in [1.54, 1.807) is 27.4 Å². The summed E-state index contributed by atoms with van der Waals surface area (Å²) in [6, 6.07) is 3.75. The van der Waals surface area contributed by atoms with E-state index >= 15 is 0 Å². The van der Waals surface area contributed by atoms with Gasteiger partial charge in [-0.25, -0.2) is 0 Å².